The highest BCUT2D eigenvalue weighted by atomic mass is 16.5. The molecule has 2 saturated heterocycles. The van der Waals surface area contributed by atoms with Crippen LogP contribution in [0.4, 0.5) is 0 Å². The van der Waals surface area contributed by atoms with Gasteiger partial charge in [-0.25, -0.2) is 5.84 Å². The van der Waals surface area contributed by atoms with Crippen LogP contribution in [-0.4, -0.2) is 67.2 Å². The first-order chi connectivity index (χ1) is 8.76. The molecule has 2 atom stereocenters. The van der Waals surface area contributed by atoms with Gasteiger partial charge in [-0.2, -0.15) is 0 Å². The molecule has 0 spiro atoms. The molecular formula is C12H24N4O2. The molecule has 2 aliphatic rings. The van der Waals surface area contributed by atoms with Crippen LogP contribution in [0.25, 0.3) is 0 Å². The molecule has 2 heterocycles. The molecule has 0 aromatic carbocycles. The Bertz CT molecular complexity index is 281. The van der Waals surface area contributed by atoms with Crippen molar-refractivity contribution in [3.63, 3.8) is 0 Å². The Morgan fingerprint density at radius 2 is 2.17 bits per heavy atom. The van der Waals surface area contributed by atoms with Crippen molar-refractivity contribution < 1.29 is 9.53 Å². The van der Waals surface area contributed by atoms with E-state index in [1.54, 1.807) is 0 Å². The normalized spacial score (nSPS) is 28.2. The number of ether oxygens (including phenoxy) is 1. The molecule has 104 valence electrons. The summed E-state index contributed by atoms with van der Waals surface area (Å²) in [5, 5.41) is 0. The van der Waals surface area contributed by atoms with Crippen molar-refractivity contribution in [2.45, 2.75) is 31.8 Å². The summed E-state index contributed by atoms with van der Waals surface area (Å²) in [5.74, 6) is 5.17. The number of hydrogen-bond acceptors (Lipinski definition) is 5. The van der Waals surface area contributed by atoms with E-state index in [2.05, 4.69) is 15.2 Å². The van der Waals surface area contributed by atoms with Crippen molar-refractivity contribution in [3.05, 3.63) is 0 Å². The topological polar surface area (TPSA) is 70.8 Å². The van der Waals surface area contributed by atoms with Crippen LogP contribution in [0.1, 0.15) is 19.8 Å². The van der Waals surface area contributed by atoms with Crippen molar-refractivity contribution in [1.82, 2.24) is 15.2 Å². The number of likely N-dealkylation sites (tertiary alicyclic amines) is 1. The summed E-state index contributed by atoms with van der Waals surface area (Å²) in [6, 6.07) is 0.481. The quantitative estimate of drug-likeness (QED) is 0.390. The molecule has 0 aromatic rings. The zero-order valence-electron chi connectivity index (χ0n) is 11.1. The second-order valence-electron chi connectivity index (χ2n) is 5.02. The van der Waals surface area contributed by atoms with Crippen LogP contribution >= 0.6 is 0 Å². The van der Waals surface area contributed by atoms with Gasteiger partial charge in [0.15, 0.2) is 0 Å². The monoisotopic (exact) mass is 256 g/mol. The van der Waals surface area contributed by atoms with E-state index in [9.17, 15) is 4.79 Å². The Kier molecular flexibility index (Phi) is 4.94. The second kappa shape index (κ2) is 6.47. The molecule has 0 aliphatic carbocycles. The van der Waals surface area contributed by atoms with Crippen LogP contribution in [0.5, 0.6) is 0 Å². The van der Waals surface area contributed by atoms with Gasteiger partial charge >= 0.3 is 0 Å². The first-order valence-corrected chi connectivity index (χ1v) is 6.82. The highest BCUT2D eigenvalue weighted by Crippen LogP contribution is 2.20. The third-order valence-electron chi connectivity index (χ3n) is 4.03. The molecule has 0 aromatic heterocycles. The minimum atomic E-state index is -0.0824. The lowest BCUT2D eigenvalue weighted by Gasteiger charge is -2.33. The van der Waals surface area contributed by atoms with Crippen molar-refractivity contribution in [3.8, 4) is 0 Å². The van der Waals surface area contributed by atoms with Gasteiger partial charge in [-0.1, -0.05) is 6.92 Å². The van der Waals surface area contributed by atoms with Gasteiger partial charge in [-0.15, -0.1) is 0 Å². The lowest BCUT2D eigenvalue weighted by Crippen LogP contribution is -2.50. The third kappa shape index (κ3) is 3.00. The predicted molar refractivity (Wildman–Crippen MR) is 68.8 cm³/mol. The zero-order chi connectivity index (χ0) is 13.0. The molecule has 6 nitrogen and oxygen atoms in total. The molecule has 2 fully saturated rings. The summed E-state index contributed by atoms with van der Waals surface area (Å²) in [5.41, 5.74) is 2.27. The summed E-state index contributed by atoms with van der Waals surface area (Å²) in [4.78, 5) is 16.4. The fourth-order valence-electron chi connectivity index (χ4n) is 3.00. The lowest BCUT2D eigenvalue weighted by atomic mass is 10.2. The van der Waals surface area contributed by atoms with E-state index < -0.39 is 0 Å². The van der Waals surface area contributed by atoms with E-state index >= 15 is 0 Å². The van der Waals surface area contributed by atoms with Gasteiger partial charge in [0.05, 0.1) is 19.3 Å². The minimum Gasteiger partial charge on any atom is -0.379 e. The maximum atomic E-state index is 11.7. The summed E-state index contributed by atoms with van der Waals surface area (Å²) in [6.45, 7) is 7.66. The number of nitrogens with one attached hydrogen (secondary N) is 1. The third-order valence-corrected chi connectivity index (χ3v) is 4.03. The number of amides is 1. The van der Waals surface area contributed by atoms with Gasteiger partial charge in [0.25, 0.3) is 5.91 Å². The van der Waals surface area contributed by atoms with Crippen LogP contribution in [0.3, 0.4) is 0 Å². The van der Waals surface area contributed by atoms with Crippen LogP contribution < -0.4 is 11.3 Å². The maximum Gasteiger partial charge on any atom is 0.251 e. The van der Waals surface area contributed by atoms with Gasteiger partial charge < -0.3 is 4.74 Å². The molecule has 18 heavy (non-hydrogen) atoms. The van der Waals surface area contributed by atoms with E-state index in [1.165, 1.54) is 0 Å². The SMILES string of the molecule is CCC(C(=O)NN)N1CCC(N2CCOCC2)C1. The summed E-state index contributed by atoms with van der Waals surface area (Å²) in [7, 11) is 0. The van der Waals surface area contributed by atoms with Crippen LogP contribution in [0, 0.1) is 0 Å². The molecule has 2 unspecified atom stereocenters. The van der Waals surface area contributed by atoms with Gasteiger partial charge in [-0.3, -0.25) is 20.0 Å². The Labute approximate surface area is 108 Å². The molecule has 0 bridgehead atoms. The second-order valence-corrected chi connectivity index (χ2v) is 5.02. The van der Waals surface area contributed by atoms with Crippen molar-refractivity contribution in [2.24, 2.45) is 5.84 Å². The Balaban J connectivity index is 1.88. The average molecular weight is 256 g/mol. The average Bonchev–Trinajstić information content (AvgIpc) is 2.90. The molecule has 2 rings (SSSR count). The number of rotatable bonds is 4. The van der Waals surface area contributed by atoms with Crippen molar-refractivity contribution in [2.75, 3.05) is 39.4 Å². The summed E-state index contributed by atoms with van der Waals surface area (Å²) in [6.07, 6.45) is 1.94. The number of hydrazine groups is 1. The van der Waals surface area contributed by atoms with E-state index in [-0.39, 0.29) is 11.9 Å². The van der Waals surface area contributed by atoms with E-state index in [4.69, 9.17) is 10.6 Å². The molecule has 3 N–H and O–H groups in total. The van der Waals surface area contributed by atoms with Crippen LogP contribution in [0.2, 0.25) is 0 Å². The standard InChI is InChI=1S/C12H24N4O2/c1-2-11(12(17)14-13)16-4-3-10(9-16)15-5-7-18-8-6-15/h10-11H,2-9,13H2,1H3,(H,14,17). The molecule has 0 radical (unpaired) electrons. The van der Waals surface area contributed by atoms with Gasteiger partial charge in [0.1, 0.15) is 0 Å². The zero-order valence-corrected chi connectivity index (χ0v) is 11.1. The largest absolute Gasteiger partial charge is 0.379 e. The highest BCUT2D eigenvalue weighted by Gasteiger charge is 2.34. The van der Waals surface area contributed by atoms with Crippen molar-refractivity contribution >= 4 is 5.91 Å². The van der Waals surface area contributed by atoms with Gasteiger partial charge in [0, 0.05) is 32.2 Å². The Hall–Kier alpha value is -0.690. The smallest absolute Gasteiger partial charge is 0.251 e. The highest BCUT2D eigenvalue weighted by molar-refractivity contribution is 5.81. The van der Waals surface area contributed by atoms with Crippen LogP contribution in [-0.2, 0) is 9.53 Å². The Morgan fingerprint density at radius 1 is 1.44 bits per heavy atom. The molecule has 1 amide bonds. The Morgan fingerprint density at radius 3 is 2.78 bits per heavy atom. The lowest BCUT2D eigenvalue weighted by molar-refractivity contribution is -0.126. The minimum absolute atomic E-state index is 0.0693. The summed E-state index contributed by atoms with van der Waals surface area (Å²) >= 11 is 0. The van der Waals surface area contributed by atoms with Crippen molar-refractivity contribution in [1.29, 1.82) is 0 Å². The number of carbonyl (C=O) groups excluding carboxylic acids is 1. The number of nitrogens with two attached hydrogens (primary N) is 1. The van der Waals surface area contributed by atoms with E-state index in [0.29, 0.717) is 6.04 Å². The van der Waals surface area contributed by atoms with Crippen LogP contribution in [0.15, 0.2) is 0 Å². The molecule has 2 aliphatic heterocycles. The number of carbonyl (C=O) groups is 1. The van der Waals surface area contributed by atoms with Gasteiger partial charge in [-0.05, 0) is 12.8 Å². The first-order valence-electron chi connectivity index (χ1n) is 6.82. The number of nitrogens with zero attached hydrogens (tertiary/aromatic N) is 2. The molecular weight excluding hydrogens is 232 g/mol. The van der Waals surface area contributed by atoms with E-state index in [1.807, 2.05) is 6.92 Å². The molecule has 0 saturated carbocycles. The van der Waals surface area contributed by atoms with Gasteiger partial charge in [0.2, 0.25) is 0 Å². The predicted octanol–water partition coefficient (Wildman–Crippen LogP) is -0.839. The number of morpholine rings is 1. The summed E-state index contributed by atoms with van der Waals surface area (Å²) < 4.78 is 5.37. The molecule has 6 heteroatoms. The fraction of sp³-hybridized carbons (Fsp3) is 0.917. The first kappa shape index (κ1) is 13.7. The maximum absolute atomic E-state index is 11.7. The number of hydrogen-bond donors (Lipinski definition) is 2. The van der Waals surface area contributed by atoms with E-state index in [0.717, 1.165) is 52.2 Å². The fourth-order valence-corrected chi connectivity index (χ4v) is 3.00.